The number of nitrogens with one attached hydrogen (secondary N) is 1. The number of nitrogens with zero attached hydrogens (tertiary/aromatic N) is 3. The van der Waals surface area contributed by atoms with Crippen molar-refractivity contribution in [3.63, 3.8) is 0 Å². The maximum Gasteiger partial charge on any atom is 0.325 e. The van der Waals surface area contributed by atoms with E-state index in [-0.39, 0.29) is 0 Å². The Bertz CT molecular complexity index is 525. The van der Waals surface area contributed by atoms with E-state index in [9.17, 15) is 4.79 Å². The third-order valence-electron chi connectivity index (χ3n) is 2.49. The summed E-state index contributed by atoms with van der Waals surface area (Å²) < 4.78 is 1.71. The topological polar surface area (TPSA) is 80.0 Å². The molecular formula is C12H14N4O2. The summed E-state index contributed by atoms with van der Waals surface area (Å²) in [6, 6.07) is 6.96. The second-order valence-corrected chi connectivity index (χ2v) is 4.00. The van der Waals surface area contributed by atoms with Gasteiger partial charge in [-0.2, -0.15) is 5.10 Å². The Kier molecular flexibility index (Phi) is 3.57. The summed E-state index contributed by atoms with van der Waals surface area (Å²) in [5.74, 6) is -0.878. The molecule has 0 spiro atoms. The van der Waals surface area contributed by atoms with Crippen LogP contribution in [-0.4, -0.2) is 31.9 Å². The number of hydrogen-bond acceptors (Lipinski definition) is 4. The first kappa shape index (κ1) is 12.1. The minimum absolute atomic E-state index is 0.608. The van der Waals surface area contributed by atoms with Crippen LogP contribution in [-0.2, 0) is 11.3 Å². The third kappa shape index (κ3) is 3.07. The number of aliphatic carboxylic acids is 1. The van der Waals surface area contributed by atoms with E-state index in [1.54, 1.807) is 17.9 Å². The highest BCUT2D eigenvalue weighted by Gasteiger charge is 2.09. The number of aromatic nitrogens is 3. The van der Waals surface area contributed by atoms with Crippen molar-refractivity contribution < 1.29 is 9.90 Å². The zero-order valence-corrected chi connectivity index (χ0v) is 9.95. The number of benzene rings is 1. The van der Waals surface area contributed by atoms with Crippen LogP contribution in [0.2, 0.25) is 0 Å². The second-order valence-electron chi connectivity index (χ2n) is 4.00. The zero-order chi connectivity index (χ0) is 13.0. The third-order valence-corrected chi connectivity index (χ3v) is 2.49. The Morgan fingerprint density at radius 2 is 2.39 bits per heavy atom. The quantitative estimate of drug-likeness (QED) is 0.829. The Hall–Kier alpha value is -2.37. The number of carboxylic acids is 1. The molecule has 0 aliphatic rings. The molecule has 0 aliphatic carbocycles. The molecule has 2 N–H and O–H groups in total. The number of carboxylic acid groups (broad SMARTS) is 1. The van der Waals surface area contributed by atoms with E-state index in [0.717, 1.165) is 11.3 Å². The van der Waals surface area contributed by atoms with E-state index < -0.39 is 12.0 Å². The Morgan fingerprint density at radius 1 is 1.56 bits per heavy atom. The van der Waals surface area contributed by atoms with Crippen molar-refractivity contribution in [3.05, 3.63) is 42.5 Å². The molecule has 0 saturated carbocycles. The number of rotatable bonds is 5. The molecule has 1 atom stereocenters. The highest BCUT2D eigenvalue weighted by Crippen LogP contribution is 2.12. The average molecular weight is 246 g/mol. The molecule has 0 bridgehead atoms. The lowest BCUT2D eigenvalue weighted by atomic mass is 10.2. The van der Waals surface area contributed by atoms with Crippen LogP contribution in [0.15, 0.2) is 36.9 Å². The van der Waals surface area contributed by atoms with Gasteiger partial charge >= 0.3 is 5.97 Å². The standard InChI is InChI=1S/C12H14N4O2/c1-9(12(17)18)15-11-4-2-3-10(5-11)6-16-8-13-7-14-16/h2-5,7-9,15H,6H2,1H3,(H,17,18). The highest BCUT2D eigenvalue weighted by molar-refractivity contribution is 5.76. The molecule has 6 heteroatoms. The number of anilines is 1. The van der Waals surface area contributed by atoms with Gasteiger partial charge in [0.1, 0.15) is 18.7 Å². The SMILES string of the molecule is CC(Nc1cccc(Cn2cncn2)c1)C(=O)O. The fourth-order valence-corrected chi connectivity index (χ4v) is 1.57. The molecule has 1 aromatic carbocycles. The van der Waals surface area contributed by atoms with Gasteiger partial charge < -0.3 is 10.4 Å². The second kappa shape index (κ2) is 5.31. The van der Waals surface area contributed by atoms with Crippen LogP contribution in [0.3, 0.4) is 0 Å². The van der Waals surface area contributed by atoms with Crippen molar-refractivity contribution in [3.8, 4) is 0 Å². The predicted octanol–water partition coefficient (Wildman–Crippen LogP) is 1.21. The van der Waals surface area contributed by atoms with Gasteiger partial charge in [0.25, 0.3) is 0 Å². The summed E-state index contributed by atoms with van der Waals surface area (Å²) >= 11 is 0. The van der Waals surface area contributed by atoms with Crippen molar-refractivity contribution in [1.82, 2.24) is 14.8 Å². The first-order valence-corrected chi connectivity index (χ1v) is 5.56. The summed E-state index contributed by atoms with van der Waals surface area (Å²) in [6.45, 7) is 2.21. The molecule has 6 nitrogen and oxygen atoms in total. The zero-order valence-electron chi connectivity index (χ0n) is 9.95. The summed E-state index contributed by atoms with van der Waals surface area (Å²) in [4.78, 5) is 14.6. The largest absolute Gasteiger partial charge is 0.480 e. The Balaban J connectivity index is 2.07. The molecule has 94 valence electrons. The van der Waals surface area contributed by atoms with Gasteiger partial charge in [0.05, 0.1) is 6.54 Å². The van der Waals surface area contributed by atoms with Crippen LogP contribution in [0.4, 0.5) is 5.69 Å². The van der Waals surface area contributed by atoms with Crippen LogP contribution in [0.25, 0.3) is 0 Å². The fourth-order valence-electron chi connectivity index (χ4n) is 1.57. The fraction of sp³-hybridized carbons (Fsp3) is 0.250. The summed E-state index contributed by atoms with van der Waals surface area (Å²) in [6.07, 6.45) is 3.12. The van der Waals surface area contributed by atoms with Crippen molar-refractivity contribution >= 4 is 11.7 Å². The molecule has 1 unspecified atom stereocenters. The molecule has 2 aromatic rings. The lowest BCUT2D eigenvalue weighted by Crippen LogP contribution is -2.25. The summed E-state index contributed by atoms with van der Waals surface area (Å²) in [5.41, 5.74) is 1.81. The van der Waals surface area contributed by atoms with E-state index >= 15 is 0 Å². The maximum absolute atomic E-state index is 10.8. The van der Waals surface area contributed by atoms with Gasteiger partial charge in [0.2, 0.25) is 0 Å². The van der Waals surface area contributed by atoms with Crippen molar-refractivity contribution in [2.24, 2.45) is 0 Å². The molecule has 18 heavy (non-hydrogen) atoms. The monoisotopic (exact) mass is 246 g/mol. The van der Waals surface area contributed by atoms with Gasteiger partial charge in [0, 0.05) is 5.69 Å². The maximum atomic E-state index is 10.8. The predicted molar refractivity (Wildman–Crippen MR) is 66.3 cm³/mol. The van der Waals surface area contributed by atoms with E-state index in [1.807, 2.05) is 24.3 Å². The molecule has 2 rings (SSSR count). The van der Waals surface area contributed by atoms with Gasteiger partial charge in [-0.25, -0.2) is 9.67 Å². The van der Waals surface area contributed by atoms with Crippen molar-refractivity contribution in [1.29, 1.82) is 0 Å². The van der Waals surface area contributed by atoms with E-state index in [4.69, 9.17) is 5.11 Å². The molecule has 0 fully saturated rings. The number of hydrogen-bond donors (Lipinski definition) is 2. The first-order valence-electron chi connectivity index (χ1n) is 5.56. The van der Waals surface area contributed by atoms with Crippen LogP contribution in [0.5, 0.6) is 0 Å². The normalized spacial score (nSPS) is 12.1. The van der Waals surface area contributed by atoms with Crippen molar-refractivity contribution in [2.75, 3.05) is 5.32 Å². The number of carbonyl (C=O) groups is 1. The van der Waals surface area contributed by atoms with Gasteiger partial charge in [-0.3, -0.25) is 4.79 Å². The highest BCUT2D eigenvalue weighted by atomic mass is 16.4. The average Bonchev–Trinajstić information content (AvgIpc) is 2.82. The van der Waals surface area contributed by atoms with E-state index in [1.165, 1.54) is 6.33 Å². The molecule has 0 aliphatic heterocycles. The Morgan fingerprint density at radius 3 is 3.06 bits per heavy atom. The van der Waals surface area contributed by atoms with Crippen LogP contribution in [0, 0.1) is 0 Å². The van der Waals surface area contributed by atoms with E-state index in [0.29, 0.717) is 6.54 Å². The van der Waals surface area contributed by atoms with Gasteiger partial charge in [-0.05, 0) is 24.6 Å². The molecule has 0 saturated heterocycles. The lowest BCUT2D eigenvalue weighted by Gasteiger charge is -2.11. The first-order chi connectivity index (χ1) is 8.65. The molecule has 1 heterocycles. The van der Waals surface area contributed by atoms with Crippen molar-refractivity contribution in [2.45, 2.75) is 19.5 Å². The summed E-state index contributed by atoms with van der Waals surface area (Å²) in [5, 5.41) is 15.8. The van der Waals surface area contributed by atoms with Gasteiger partial charge in [-0.15, -0.1) is 0 Å². The minimum Gasteiger partial charge on any atom is -0.480 e. The van der Waals surface area contributed by atoms with Crippen LogP contribution >= 0.6 is 0 Å². The molecule has 1 aromatic heterocycles. The lowest BCUT2D eigenvalue weighted by molar-refractivity contribution is -0.137. The van der Waals surface area contributed by atoms with E-state index in [2.05, 4.69) is 15.4 Å². The smallest absolute Gasteiger partial charge is 0.325 e. The van der Waals surface area contributed by atoms with Crippen LogP contribution < -0.4 is 5.32 Å². The summed E-state index contributed by atoms with van der Waals surface area (Å²) in [7, 11) is 0. The van der Waals surface area contributed by atoms with Gasteiger partial charge in [-0.1, -0.05) is 12.1 Å². The molecular weight excluding hydrogens is 232 g/mol. The molecule has 0 amide bonds. The molecule has 0 radical (unpaired) electrons. The minimum atomic E-state index is -0.878. The van der Waals surface area contributed by atoms with Crippen LogP contribution in [0.1, 0.15) is 12.5 Å². The van der Waals surface area contributed by atoms with Gasteiger partial charge in [0.15, 0.2) is 0 Å². The Labute approximate surface area is 104 Å².